The van der Waals surface area contributed by atoms with Gasteiger partial charge in [0.05, 0.1) is 0 Å². The summed E-state index contributed by atoms with van der Waals surface area (Å²) >= 11 is 0. The molecule has 1 aliphatic rings. The molecule has 1 N–H and O–H groups in total. The summed E-state index contributed by atoms with van der Waals surface area (Å²) in [7, 11) is 0. The summed E-state index contributed by atoms with van der Waals surface area (Å²) in [6.45, 7) is 14.0. The number of benzene rings is 2. The zero-order valence-electron chi connectivity index (χ0n) is 14.3. The highest BCUT2D eigenvalue weighted by Gasteiger charge is 2.31. The van der Waals surface area contributed by atoms with Crippen molar-refractivity contribution < 1.29 is 9.13 Å². The Hall–Kier alpha value is -2.55. The monoisotopic (exact) mass is 323 g/mol. The smallest absolute Gasteiger partial charge is 0.176 e. The van der Waals surface area contributed by atoms with Crippen molar-refractivity contribution in [1.82, 2.24) is 5.32 Å². The fourth-order valence-corrected chi connectivity index (χ4v) is 3.12. The maximum absolute atomic E-state index is 13.3. The van der Waals surface area contributed by atoms with Gasteiger partial charge in [0.25, 0.3) is 0 Å². The van der Waals surface area contributed by atoms with Crippen molar-refractivity contribution in [3.05, 3.63) is 83.3 Å². The second-order valence-electron chi connectivity index (χ2n) is 6.44. The molecule has 2 aromatic carbocycles. The molecule has 0 radical (unpaired) electrons. The highest BCUT2D eigenvalue weighted by atomic mass is 19.1. The lowest BCUT2D eigenvalue weighted by atomic mass is 9.92. The zero-order chi connectivity index (χ0) is 17.4. The number of rotatable bonds is 4. The third-order valence-corrected chi connectivity index (χ3v) is 4.46. The number of aryl methyl sites for hydroxylation is 1. The highest BCUT2D eigenvalue weighted by Crippen LogP contribution is 2.39. The topological polar surface area (TPSA) is 21.3 Å². The summed E-state index contributed by atoms with van der Waals surface area (Å²) < 4.78 is 19.3. The molecule has 0 saturated carbocycles. The Labute approximate surface area is 142 Å². The molecule has 1 heterocycles. The quantitative estimate of drug-likeness (QED) is 0.841. The molecule has 3 rings (SSSR count). The van der Waals surface area contributed by atoms with E-state index >= 15 is 0 Å². The zero-order valence-corrected chi connectivity index (χ0v) is 14.3. The second-order valence-corrected chi connectivity index (χ2v) is 6.44. The van der Waals surface area contributed by atoms with Crippen molar-refractivity contribution in [2.24, 2.45) is 0 Å². The lowest BCUT2D eigenvalue weighted by Gasteiger charge is -2.18. The van der Waals surface area contributed by atoms with Gasteiger partial charge in [-0.15, -0.1) is 0 Å². The van der Waals surface area contributed by atoms with Gasteiger partial charge < -0.3 is 10.1 Å². The van der Waals surface area contributed by atoms with E-state index in [4.69, 9.17) is 4.74 Å². The fraction of sp³-hybridized carbons (Fsp3) is 0.238. The van der Waals surface area contributed by atoms with Crippen LogP contribution in [0.1, 0.15) is 42.0 Å². The number of hydrogen-bond acceptors (Lipinski definition) is 2. The molecule has 2 aromatic rings. The van der Waals surface area contributed by atoms with E-state index in [0.29, 0.717) is 0 Å². The summed E-state index contributed by atoms with van der Waals surface area (Å²) in [6.07, 6.45) is -0.103. The van der Waals surface area contributed by atoms with E-state index in [9.17, 15) is 4.39 Å². The van der Waals surface area contributed by atoms with Crippen LogP contribution in [0.4, 0.5) is 4.39 Å². The van der Waals surface area contributed by atoms with Crippen molar-refractivity contribution in [3.8, 4) is 5.75 Å². The summed E-state index contributed by atoms with van der Waals surface area (Å²) in [5.74, 6) is 0.862. The highest BCUT2D eigenvalue weighted by molar-refractivity contribution is 5.80. The van der Waals surface area contributed by atoms with Crippen LogP contribution in [0.3, 0.4) is 0 Å². The molecule has 24 heavy (non-hydrogen) atoms. The van der Waals surface area contributed by atoms with Crippen LogP contribution < -0.4 is 10.1 Å². The number of ether oxygens (including phenoxy) is 1. The van der Waals surface area contributed by atoms with Crippen LogP contribution in [-0.4, -0.2) is 6.23 Å². The largest absolute Gasteiger partial charge is 0.470 e. The molecule has 3 heteroatoms. The molecule has 0 bridgehead atoms. The van der Waals surface area contributed by atoms with E-state index in [2.05, 4.69) is 31.5 Å². The first kappa shape index (κ1) is 16.3. The Kier molecular flexibility index (Phi) is 4.18. The maximum Gasteiger partial charge on any atom is 0.176 e. The first-order valence-electron chi connectivity index (χ1n) is 8.05. The Morgan fingerprint density at radius 3 is 2.58 bits per heavy atom. The van der Waals surface area contributed by atoms with Crippen LogP contribution in [0, 0.1) is 12.7 Å². The van der Waals surface area contributed by atoms with Crippen LogP contribution in [0.5, 0.6) is 5.75 Å². The lowest BCUT2D eigenvalue weighted by molar-refractivity contribution is 0.184. The SMILES string of the molecule is C=C(C)NC1Oc2ccc(C(=C)c3ccc(F)cc3C)cc2C1C. The predicted octanol–water partition coefficient (Wildman–Crippen LogP) is 5.14. The van der Waals surface area contributed by atoms with Crippen LogP contribution in [0.2, 0.25) is 0 Å². The average Bonchev–Trinajstić information content (AvgIpc) is 2.82. The third kappa shape index (κ3) is 2.94. The van der Waals surface area contributed by atoms with Crippen molar-refractivity contribution in [2.75, 3.05) is 0 Å². The van der Waals surface area contributed by atoms with Crippen LogP contribution in [0.15, 0.2) is 55.3 Å². The molecular formula is C21H22FNO. The third-order valence-electron chi connectivity index (χ3n) is 4.46. The average molecular weight is 323 g/mol. The molecule has 0 aromatic heterocycles. The van der Waals surface area contributed by atoms with Crippen molar-refractivity contribution in [1.29, 1.82) is 0 Å². The minimum Gasteiger partial charge on any atom is -0.470 e. The van der Waals surface area contributed by atoms with Gasteiger partial charge in [0.1, 0.15) is 11.6 Å². The van der Waals surface area contributed by atoms with Crippen molar-refractivity contribution in [3.63, 3.8) is 0 Å². The summed E-state index contributed by atoms with van der Waals surface area (Å²) in [4.78, 5) is 0. The standard InChI is InChI=1S/C21H22FNO/c1-12(2)23-21-15(5)19-11-16(6-9-20(19)24-21)14(4)18-8-7-17(22)10-13(18)3/h6-11,15,21,23H,1,4H2,2-3,5H3. The number of nitrogens with one attached hydrogen (secondary N) is 1. The normalized spacial score (nSPS) is 18.7. The van der Waals surface area contributed by atoms with Gasteiger partial charge in [-0.3, -0.25) is 0 Å². The van der Waals surface area contributed by atoms with Crippen LogP contribution in [0.25, 0.3) is 5.57 Å². The van der Waals surface area contributed by atoms with Crippen molar-refractivity contribution >= 4 is 5.57 Å². The summed E-state index contributed by atoms with van der Waals surface area (Å²) in [5.41, 5.74) is 5.78. The number of halogens is 1. The van der Waals surface area contributed by atoms with Gasteiger partial charge >= 0.3 is 0 Å². The van der Waals surface area contributed by atoms with E-state index in [1.807, 2.05) is 26.0 Å². The van der Waals surface area contributed by atoms with E-state index in [-0.39, 0.29) is 18.0 Å². The molecule has 2 atom stereocenters. The Balaban J connectivity index is 1.91. The molecule has 0 aliphatic carbocycles. The molecule has 0 amide bonds. The Morgan fingerprint density at radius 2 is 1.92 bits per heavy atom. The van der Waals surface area contributed by atoms with Gasteiger partial charge in [-0.05, 0) is 60.4 Å². The lowest BCUT2D eigenvalue weighted by Crippen LogP contribution is -2.33. The van der Waals surface area contributed by atoms with Gasteiger partial charge in [0.2, 0.25) is 0 Å². The number of fused-ring (bicyclic) bond motifs is 1. The van der Waals surface area contributed by atoms with Gasteiger partial charge in [0, 0.05) is 17.2 Å². The van der Waals surface area contributed by atoms with Gasteiger partial charge in [0.15, 0.2) is 6.23 Å². The van der Waals surface area contributed by atoms with E-state index in [0.717, 1.165) is 39.3 Å². The second kappa shape index (κ2) is 6.16. The van der Waals surface area contributed by atoms with Gasteiger partial charge in [-0.25, -0.2) is 4.39 Å². The van der Waals surface area contributed by atoms with Gasteiger partial charge in [-0.1, -0.05) is 32.2 Å². The first-order valence-corrected chi connectivity index (χ1v) is 8.05. The van der Waals surface area contributed by atoms with Crippen molar-refractivity contribution in [2.45, 2.75) is 32.9 Å². The van der Waals surface area contributed by atoms with E-state index in [1.165, 1.54) is 12.1 Å². The fourth-order valence-electron chi connectivity index (χ4n) is 3.12. The minimum absolute atomic E-state index is 0.103. The van der Waals surface area contributed by atoms with E-state index in [1.54, 1.807) is 6.07 Å². The minimum atomic E-state index is -0.228. The molecule has 0 fully saturated rings. The Morgan fingerprint density at radius 1 is 1.17 bits per heavy atom. The van der Waals surface area contributed by atoms with Crippen LogP contribution in [-0.2, 0) is 0 Å². The molecule has 0 saturated heterocycles. The summed E-state index contributed by atoms with van der Waals surface area (Å²) in [5, 5.41) is 3.25. The molecular weight excluding hydrogens is 301 g/mol. The number of allylic oxidation sites excluding steroid dienone is 1. The molecule has 0 spiro atoms. The predicted molar refractivity (Wildman–Crippen MR) is 96.5 cm³/mol. The number of hydrogen-bond donors (Lipinski definition) is 1. The molecule has 2 nitrogen and oxygen atoms in total. The van der Waals surface area contributed by atoms with E-state index < -0.39 is 0 Å². The molecule has 124 valence electrons. The summed E-state index contributed by atoms with van der Waals surface area (Å²) in [6, 6.07) is 10.9. The van der Waals surface area contributed by atoms with Gasteiger partial charge in [-0.2, -0.15) is 0 Å². The Bertz CT molecular complexity index is 825. The molecule has 2 unspecified atom stereocenters. The first-order chi connectivity index (χ1) is 11.4. The molecule has 1 aliphatic heterocycles. The maximum atomic E-state index is 13.3. The van der Waals surface area contributed by atoms with Crippen LogP contribution >= 0.6 is 0 Å².